The Hall–Kier alpha value is -1.76. The molecule has 0 aliphatic rings. The summed E-state index contributed by atoms with van der Waals surface area (Å²) in [7, 11) is 0. The highest BCUT2D eigenvalue weighted by molar-refractivity contribution is 5.47. The summed E-state index contributed by atoms with van der Waals surface area (Å²) < 4.78 is 0. The maximum atomic E-state index is 4.16. The van der Waals surface area contributed by atoms with E-state index in [1.807, 2.05) is 26.0 Å². The van der Waals surface area contributed by atoms with Crippen molar-refractivity contribution in [2.75, 3.05) is 5.32 Å². The molecule has 0 saturated heterocycles. The van der Waals surface area contributed by atoms with Crippen LogP contribution in [0.4, 0.5) is 5.69 Å². The van der Waals surface area contributed by atoms with Crippen LogP contribution in [0.1, 0.15) is 72.8 Å². The average Bonchev–Trinajstić information content (AvgIpc) is 2.57. The number of rotatable bonds is 7. The Labute approximate surface area is 151 Å². The summed E-state index contributed by atoms with van der Waals surface area (Å²) in [6.07, 6.45) is 8.08. The van der Waals surface area contributed by atoms with Gasteiger partial charge in [-0.3, -0.25) is 0 Å². The molecule has 1 unspecified atom stereocenters. The molecule has 136 valence electrons. The molecule has 1 N–H and O–H groups in total. The van der Waals surface area contributed by atoms with Crippen molar-refractivity contribution in [1.82, 2.24) is 0 Å². The second-order valence-electron chi connectivity index (χ2n) is 5.76. The summed E-state index contributed by atoms with van der Waals surface area (Å²) in [5.74, 6) is 0.379. The predicted molar refractivity (Wildman–Crippen MR) is 114 cm³/mol. The summed E-state index contributed by atoms with van der Waals surface area (Å²) in [4.78, 5) is 0. The molecule has 0 radical (unpaired) electrons. The lowest BCUT2D eigenvalue weighted by molar-refractivity contribution is 0.778. The topological polar surface area (TPSA) is 12.0 Å². The Morgan fingerprint density at radius 2 is 1.58 bits per heavy atom. The molecule has 1 heteroatoms. The molecule has 1 aromatic carbocycles. The first kappa shape index (κ1) is 24.5. The highest BCUT2D eigenvalue weighted by Gasteiger charge is 2.11. The fourth-order valence-electron chi connectivity index (χ4n) is 2.16. The molecule has 0 spiro atoms. The Bertz CT molecular complexity index is 451. The smallest absolute Gasteiger partial charge is 0.0342 e. The van der Waals surface area contributed by atoms with Crippen molar-refractivity contribution < 1.29 is 0 Å². The van der Waals surface area contributed by atoms with Crippen molar-refractivity contribution >= 4 is 5.69 Å². The number of hydrogen-bond donors (Lipinski definition) is 1. The van der Waals surface area contributed by atoms with E-state index in [2.05, 4.69) is 77.4 Å². The molecule has 0 aliphatic carbocycles. The average molecular weight is 330 g/mol. The lowest BCUT2D eigenvalue weighted by atomic mass is 9.89. The van der Waals surface area contributed by atoms with Crippen molar-refractivity contribution in [3.8, 4) is 0 Å². The lowest BCUT2D eigenvalue weighted by Gasteiger charge is -2.17. The van der Waals surface area contributed by atoms with Gasteiger partial charge in [-0.1, -0.05) is 84.6 Å². The maximum Gasteiger partial charge on any atom is 0.0342 e. The lowest BCUT2D eigenvalue weighted by Crippen LogP contribution is -2.09. The number of benzene rings is 1. The van der Waals surface area contributed by atoms with Gasteiger partial charge in [0.1, 0.15) is 0 Å². The molecule has 1 rings (SSSR count). The molecule has 0 aliphatic heterocycles. The first-order chi connectivity index (χ1) is 11.5. The number of anilines is 1. The van der Waals surface area contributed by atoms with E-state index in [9.17, 15) is 0 Å². The Kier molecular flexibility index (Phi) is 16.4. The van der Waals surface area contributed by atoms with E-state index < -0.39 is 0 Å². The molecule has 1 nitrogen and oxygen atoms in total. The Morgan fingerprint density at radius 3 is 1.96 bits per heavy atom. The van der Waals surface area contributed by atoms with Crippen LogP contribution in [0, 0.1) is 0 Å². The van der Waals surface area contributed by atoms with Gasteiger partial charge in [0.2, 0.25) is 0 Å². The molecule has 24 heavy (non-hydrogen) atoms. The van der Waals surface area contributed by atoms with Gasteiger partial charge in [-0.05, 0) is 43.5 Å². The predicted octanol–water partition coefficient (Wildman–Crippen LogP) is 7.74. The van der Waals surface area contributed by atoms with Crippen LogP contribution in [0.15, 0.2) is 61.2 Å². The Morgan fingerprint density at radius 1 is 1.08 bits per heavy atom. The van der Waals surface area contributed by atoms with Crippen molar-refractivity contribution in [2.24, 2.45) is 0 Å². The molecule has 1 aromatic rings. The van der Waals surface area contributed by atoms with Gasteiger partial charge < -0.3 is 5.32 Å². The van der Waals surface area contributed by atoms with Gasteiger partial charge in [0, 0.05) is 17.6 Å². The van der Waals surface area contributed by atoms with E-state index in [-0.39, 0.29) is 0 Å². The van der Waals surface area contributed by atoms with Gasteiger partial charge in [-0.2, -0.15) is 0 Å². The fourth-order valence-corrected chi connectivity index (χ4v) is 2.16. The van der Waals surface area contributed by atoms with E-state index in [4.69, 9.17) is 0 Å². The molecule has 1 atom stereocenters. The van der Waals surface area contributed by atoms with Gasteiger partial charge in [0.25, 0.3) is 0 Å². The van der Waals surface area contributed by atoms with Crippen LogP contribution >= 0.6 is 0 Å². The molecule has 0 saturated carbocycles. The first-order valence-corrected chi connectivity index (χ1v) is 9.34. The summed E-state index contributed by atoms with van der Waals surface area (Å²) in [6.45, 7) is 22.6. The SMILES string of the molecule is C=C/C=C\C(=C)C(CC)c1ccc(NC(C)C)cc1.CC.CCC. The van der Waals surface area contributed by atoms with Crippen LogP contribution in [-0.4, -0.2) is 6.04 Å². The van der Waals surface area contributed by atoms with Crippen molar-refractivity contribution in [1.29, 1.82) is 0 Å². The molecular weight excluding hydrogens is 290 g/mol. The van der Waals surface area contributed by atoms with Crippen LogP contribution in [0.2, 0.25) is 0 Å². The number of allylic oxidation sites excluding steroid dienone is 4. The summed E-state index contributed by atoms with van der Waals surface area (Å²) in [5, 5.41) is 3.40. The van der Waals surface area contributed by atoms with Gasteiger partial charge in [0.15, 0.2) is 0 Å². The first-order valence-electron chi connectivity index (χ1n) is 9.34. The molecule has 0 aromatic heterocycles. The van der Waals surface area contributed by atoms with Crippen molar-refractivity contribution in [3.63, 3.8) is 0 Å². The number of nitrogens with one attached hydrogen (secondary N) is 1. The van der Waals surface area contributed by atoms with Gasteiger partial charge >= 0.3 is 0 Å². The molecule has 0 fully saturated rings. The maximum absolute atomic E-state index is 4.16. The standard InChI is InChI=1S/C18H25N.C3H8.C2H6/c1-6-8-9-15(5)18(7-2)16-10-12-17(13-11-16)19-14(3)4;1-3-2;1-2/h6,8-14,18-19H,1,5,7H2,2-4H3;3H2,1-2H3;1-2H3/b9-8-;;. The third kappa shape index (κ3) is 10.9. The van der Waals surface area contributed by atoms with E-state index in [1.54, 1.807) is 6.08 Å². The molecular formula is C23H39N. The number of hydrogen-bond acceptors (Lipinski definition) is 1. The van der Waals surface area contributed by atoms with Crippen molar-refractivity contribution in [3.05, 3.63) is 66.8 Å². The second kappa shape index (κ2) is 16.1. The van der Waals surface area contributed by atoms with Crippen molar-refractivity contribution in [2.45, 2.75) is 73.3 Å². The third-order valence-corrected chi connectivity index (χ3v) is 3.07. The Balaban J connectivity index is 0. The third-order valence-electron chi connectivity index (χ3n) is 3.07. The highest BCUT2D eigenvalue weighted by Crippen LogP contribution is 2.28. The largest absolute Gasteiger partial charge is 0.383 e. The zero-order valence-electron chi connectivity index (χ0n) is 17.0. The fraction of sp³-hybridized carbons (Fsp3) is 0.478. The normalized spacial score (nSPS) is 11.0. The summed E-state index contributed by atoms with van der Waals surface area (Å²) in [6, 6.07) is 9.11. The van der Waals surface area contributed by atoms with Crippen LogP contribution in [0.25, 0.3) is 0 Å². The van der Waals surface area contributed by atoms with Crippen LogP contribution in [0.5, 0.6) is 0 Å². The molecule has 0 amide bonds. The zero-order valence-corrected chi connectivity index (χ0v) is 17.0. The summed E-state index contributed by atoms with van der Waals surface area (Å²) in [5.41, 5.74) is 3.61. The zero-order chi connectivity index (χ0) is 19.0. The van der Waals surface area contributed by atoms with E-state index >= 15 is 0 Å². The van der Waals surface area contributed by atoms with E-state index in [0.717, 1.165) is 12.0 Å². The van der Waals surface area contributed by atoms with Crippen LogP contribution < -0.4 is 5.32 Å². The van der Waals surface area contributed by atoms with E-state index in [0.29, 0.717) is 12.0 Å². The second-order valence-corrected chi connectivity index (χ2v) is 5.76. The summed E-state index contributed by atoms with van der Waals surface area (Å²) >= 11 is 0. The van der Waals surface area contributed by atoms with Crippen LogP contribution in [0.3, 0.4) is 0 Å². The highest BCUT2D eigenvalue weighted by atomic mass is 14.9. The van der Waals surface area contributed by atoms with Gasteiger partial charge in [-0.15, -0.1) is 0 Å². The quantitative estimate of drug-likeness (QED) is 0.504. The minimum Gasteiger partial charge on any atom is -0.383 e. The minimum atomic E-state index is 0.379. The molecule has 0 bridgehead atoms. The molecule has 0 heterocycles. The monoisotopic (exact) mass is 329 g/mol. The van der Waals surface area contributed by atoms with Crippen LogP contribution in [-0.2, 0) is 0 Å². The minimum absolute atomic E-state index is 0.379. The van der Waals surface area contributed by atoms with Gasteiger partial charge in [0.05, 0.1) is 0 Å². The van der Waals surface area contributed by atoms with E-state index in [1.165, 1.54) is 17.7 Å². The van der Waals surface area contributed by atoms with Gasteiger partial charge in [-0.25, -0.2) is 0 Å².